The second-order valence-electron chi connectivity index (χ2n) is 4.97. The largest absolute Gasteiger partial charge is 0.389 e. The lowest BCUT2D eigenvalue weighted by molar-refractivity contribution is 0.576. The number of thiocarbonyl (C=S) groups is 1. The van der Waals surface area contributed by atoms with Crippen molar-refractivity contribution in [2.45, 2.75) is 37.6 Å². The normalized spacial score (nSPS) is 22.2. The summed E-state index contributed by atoms with van der Waals surface area (Å²) < 4.78 is 27.1. The van der Waals surface area contributed by atoms with Crippen LogP contribution in [0.25, 0.3) is 0 Å². The molecule has 0 amide bonds. The molecule has 2 atom stereocenters. The summed E-state index contributed by atoms with van der Waals surface area (Å²) >= 11 is 4.91. The highest BCUT2D eigenvalue weighted by atomic mass is 32.2. The molecule has 104 valence electrons. The molecule has 2 unspecified atom stereocenters. The summed E-state index contributed by atoms with van der Waals surface area (Å²) in [5, 5.41) is 0. The van der Waals surface area contributed by atoms with Gasteiger partial charge in [-0.3, -0.25) is 0 Å². The lowest BCUT2D eigenvalue weighted by Gasteiger charge is -2.09. The molecule has 0 aromatic heterocycles. The van der Waals surface area contributed by atoms with Gasteiger partial charge in [0.1, 0.15) is 4.99 Å². The number of benzene rings is 1. The zero-order valence-corrected chi connectivity index (χ0v) is 12.6. The highest BCUT2D eigenvalue weighted by Gasteiger charge is 2.38. The van der Waals surface area contributed by atoms with Crippen LogP contribution in [0.1, 0.15) is 30.9 Å². The Morgan fingerprint density at radius 1 is 1.53 bits per heavy atom. The fourth-order valence-corrected chi connectivity index (χ4v) is 3.82. The molecule has 1 aliphatic rings. The van der Waals surface area contributed by atoms with E-state index in [9.17, 15) is 8.42 Å². The van der Waals surface area contributed by atoms with Crippen molar-refractivity contribution < 1.29 is 8.42 Å². The summed E-state index contributed by atoms with van der Waals surface area (Å²) in [5.41, 5.74) is 7.06. The topological polar surface area (TPSA) is 72.2 Å². The van der Waals surface area contributed by atoms with Gasteiger partial charge in [-0.05, 0) is 37.0 Å². The van der Waals surface area contributed by atoms with Gasteiger partial charge >= 0.3 is 0 Å². The van der Waals surface area contributed by atoms with Crippen molar-refractivity contribution in [3.05, 3.63) is 29.3 Å². The number of nitrogens with one attached hydrogen (secondary N) is 1. The number of rotatable bonds is 5. The Morgan fingerprint density at radius 3 is 2.68 bits per heavy atom. The van der Waals surface area contributed by atoms with E-state index < -0.39 is 10.0 Å². The van der Waals surface area contributed by atoms with Gasteiger partial charge in [0.25, 0.3) is 0 Å². The van der Waals surface area contributed by atoms with Crippen LogP contribution in [-0.4, -0.2) is 19.4 Å². The first-order chi connectivity index (χ1) is 8.85. The molecule has 3 N–H and O–H groups in total. The summed E-state index contributed by atoms with van der Waals surface area (Å²) in [6.45, 7) is 3.87. The van der Waals surface area contributed by atoms with Gasteiger partial charge in [-0.2, -0.15) is 0 Å². The molecule has 0 spiro atoms. The molecule has 1 saturated carbocycles. The van der Waals surface area contributed by atoms with E-state index in [1.807, 2.05) is 0 Å². The molecule has 1 fully saturated rings. The van der Waals surface area contributed by atoms with Crippen molar-refractivity contribution in [1.29, 1.82) is 0 Å². The van der Waals surface area contributed by atoms with E-state index in [0.29, 0.717) is 11.5 Å². The molecule has 19 heavy (non-hydrogen) atoms. The van der Waals surface area contributed by atoms with Crippen LogP contribution >= 0.6 is 12.2 Å². The van der Waals surface area contributed by atoms with Crippen molar-refractivity contribution in [3.63, 3.8) is 0 Å². The van der Waals surface area contributed by atoms with Gasteiger partial charge in [-0.25, -0.2) is 13.1 Å². The van der Waals surface area contributed by atoms with Crippen molar-refractivity contribution >= 4 is 27.2 Å². The summed E-state index contributed by atoms with van der Waals surface area (Å²) in [5.74, 6) is 0.478. The van der Waals surface area contributed by atoms with E-state index >= 15 is 0 Å². The smallest absolute Gasteiger partial charge is 0.240 e. The molecule has 0 aliphatic heterocycles. The van der Waals surface area contributed by atoms with Crippen LogP contribution in [0.4, 0.5) is 0 Å². The monoisotopic (exact) mass is 298 g/mol. The first kappa shape index (κ1) is 14.4. The lowest BCUT2D eigenvalue weighted by Crippen LogP contribution is -2.27. The molecule has 1 aliphatic carbocycles. The molecule has 0 heterocycles. The molecular weight excluding hydrogens is 280 g/mol. The molecule has 2 rings (SSSR count). The first-order valence-electron chi connectivity index (χ1n) is 6.28. The number of hydrogen-bond acceptors (Lipinski definition) is 3. The summed E-state index contributed by atoms with van der Waals surface area (Å²) in [6.07, 6.45) is 1.94. The predicted octanol–water partition coefficient (Wildman–Crippen LogP) is 1.71. The van der Waals surface area contributed by atoms with Crippen molar-refractivity contribution in [2.75, 3.05) is 0 Å². The van der Waals surface area contributed by atoms with E-state index in [2.05, 4.69) is 11.6 Å². The Labute approximate surface area is 119 Å². The second kappa shape index (κ2) is 5.19. The van der Waals surface area contributed by atoms with Gasteiger partial charge in [0.15, 0.2) is 0 Å². The maximum atomic E-state index is 12.2. The van der Waals surface area contributed by atoms with Crippen LogP contribution in [-0.2, 0) is 10.0 Å². The Balaban J connectivity index is 2.22. The number of hydrogen-bond donors (Lipinski definition) is 2. The molecular formula is C13H18N2O2S2. The first-order valence-corrected chi connectivity index (χ1v) is 8.17. The van der Waals surface area contributed by atoms with E-state index in [0.717, 1.165) is 18.4 Å². The van der Waals surface area contributed by atoms with Crippen molar-refractivity contribution in [1.82, 2.24) is 4.72 Å². The molecule has 6 heteroatoms. The molecule has 4 nitrogen and oxygen atoms in total. The van der Waals surface area contributed by atoms with Gasteiger partial charge in [0.2, 0.25) is 10.0 Å². The van der Waals surface area contributed by atoms with E-state index in [1.165, 1.54) is 0 Å². The maximum absolute atomic E-state index is 12.2. The highest BCUT2D eigenvalue weighted by molar-refractivity contribution is 7.89. The number of aryl methyl sites for hydroxylation is 1. The average Bonchev–Trinajstić information content (AvgIpc) is 3.06. The van der Waals surface area contributed by atoms with E-state index in [1.54, 1.807) is 25.1 Å². The quantitative estimate of drug-likeness (QED) is 0.812. The van der Waals surface area contributed by atoms with Gasteiger partial charge in [0.05, 0.1) is 4.90 Å². The molecule has 1 aromatic carbocycles. The van der Waals surface area contributed by atoms with Gasteiger partial charge in [-0.1, -0.05) is 31.6 Å². The molecule has 0 radical (unpaired) electrons. The number of sulfonamides is 1. The van der Waals surface area contributed by atoms with E-state index in [-0.39, 0.29) is 15.9 Å². The predicted molar refractivity (Wildman–Crippen MR) is 79.6 cm³/mol. The van der Waals surface area contributed by atoms with Crippen molar-refractivity contribution in [3.8, 4) is 0 Å². The van der Waals surface area contributed by atoms with Crippen LogP contribution < -0.4 is 10.5 Å². The zero-order chi connectivity index (χ0) is 14.2. The molecule has 1 aromatic rings. The fourth-order valence-electron chi connectivity index (χ4n) is 2.19. The average molecular weight is 298 g/mol. The fraction of sp³-hybridized carbons (Fsp3) is 0.462. The van der Waals surface area contributed by atoms with Gasteiger partial charge in [-0.15, -0.1) is 0 Å². The van der Waals surface area contributed by atoms with Crippen LogP contribution in [0.3, 0.4) is 0 Å². The second-order valence-corrected chi connectivity index (χ2v) is 7.13. The third kappa shape index (κ3) is 3.13. The van der Waals surface area contributed by atoms with Gasteiger partial charge in [0, 0.05) is 11.6 Å². The Bertz CT molecular complexity index is 611. The highest BCUT2D eigenvalue weighted by Crippen LogP contribution is 2.34. The Morgan fingerprint density at radius 2 is 2.21 bits per heavy atom. The molecule has 0 bridgehead atoms. The van der Waals surface area contributed by atoms with Crippen LogP contribution in [0.15, 0.2) is 23.1 Å². The van der Waals surface area contributed by atoms with Crippen molar-refractivity contribution in [2.24, 2.45) is 11.7 Å². The number of nitrogens with two attached hydrogens (primary N) is 1. The van der Waals surface area contributed by atoms with Crippen LogP contribution in [0.2, 0.25) is 0 Å². The standard InChI is InChI=1S/C13H18N2O2S2/c1-3-9-7-12(9)15-19(16,17)10-4-5-11(13(14)18)8(2)6-10/h4-6,9,12,15H,3,7H2,1-2H3,(H2,14,18). The molecule has 0 saturated heterocycles. The lowest BCUT2D eigenvalue weighted by atomic mass is 10.1. The van der Waals surface area contributed by atoms with Gasteiger partial charge < -0.3 is 5.73 Å². The minimum atomic E-state index is -3.44. The zero-order valence-electron chi connectivity index (χ0n) is 11.0. The maximum Gasteiger partial charge on any atom is 0.240 e. The van der Waals surface area contributed by atoms with E-state index in [4.69, 9.17) is 18.0 Å². The SMILES string of the molecule is CCC1CC1NS(=O)(=O)c1ccc(C(N)=S)c(C)c1. The minimum Gasteiger partial charge on any atom is -0.389 e. The summed E-state index contributed by atoms with van der Waals surface area (Å²) in [7, 11) is -3.44. The minimum absolute atomic E-state index is 0.0885. The Hall–Kier alpha value is -0.980. The summed E-state index contributed by atoms with van der Waals surface area (Å²) in [4.78, 5) is 0.550. The van der Waals surface area contributed by atoms with Crippen LogP contribution in [0.5, 0.6) is 0 Å². The van der Waals surface area contributed by atoms with Crippen LogP contribution in [0, 0.1) is 12.8 Å². The summed E-state index contributed by atoms with van der Waals surface area (Å²) in [6, 6.07) is 4.91. The third-order valence-corrected chi connectivity index (χ3v) is 5.23. The third-order valence-electron chi connectivity index (χ3n) is 3.53. The Kier molecular flexibility index (Phi) is 3.94.